The minimum Gasteiger partial charge on any atom is -0.321 e. The Hall–Kier alpha value is -1.91. The number of rotatable bonds is 1. The average Bonchev–Trinajstić information content (AvgIpc) is 2.58. The van der Waals surface area contributed by atoms with E-state index in [1.165, 1.54) is 0 Å². The van der Waals surface area contributed by atoms with Gasteiger partial charge in [0.05, 0.1) is 11.4 Å². The molecule has 0 radical (unpaired) electrons. The van der Waals surface area contributed by atoms with E-state index in [1.807, 2.05) is 0 Å². The number of amides is 1. The summed E-state index contributed by atoms with van der Waals surface area (Å²) in [7, 11) is 0. The van der Waals surface area contributed by atoms with Crippen molar-refractivity contribution < 1.29 is 9.18 Å². The van der Waals surface area contributed by atoms with Gasteiger partial charge in [0.1, 0.15) is 0 Å². The molecule has 0 aromatic heterocycles. The Morgan fingerprint density at radius 1 is 1.10 bits per heavy atom. The number of anilines is 1. The van der Waals surface area contributed by atoms with E-state index in [0.29, 0.717) is 32.6 Å². The van der Waals surface area contributed by atoms with E-state index in [2.05, 4.69) is 10.3 Å². The Labute approximate surface area is 130 Å². The van der Waals surface area contributed by atoms with Crippen molar-refractivity contribution in [3.05, 3.63) is 63.6 Å². The van der Waals surface area contributed by atoms with Gasteiger partial charge in [-0.25, -0.2) is 9.38 Å². The first-order valence-electron chi connectivity index (χ1n) is 6.14. The highest BCUT2D eigenvalue weighted by Crippen LogP contribution is 2.29. The fraction of sp³-hybridized carbons (Fsp3) is 0.0667. The van der Waals surface area contributed by atoms with Crippen molar-refractivity contribution in [1.29, 1.82) is 0 Å². The minimum atomic E-state index is -2.00. The largest absolute Gasteiger partial charge is 0.321 e. The summed E-state index contributed by atoms with van der Waals surface area (Å²) in [5.74, 6) is -0.819. The average molecular weight is 323 g/mol. The SMILES string of the molecule is O=C1Nc2ccc(Cl)cc2C(c2ccccc2Cl)=NC1F. The molecule has 106 valence electrons. The number of fused-ring (bicyclic) bond motifs is 1. The summed E-state index contributed by atoms with van der Waals surface area (Å²) in [6.45, 7) is 0. The Balaban J connectivity index is 2.27. The van der Waals surface area contributed by atoms with Crippen LogP contribution in [0.1, 0.15) is 11.1 Å². The predicted octanol–water partition coefficient (Wildman–Crippen LogP) is 4.08. The number of aliphatic imine (C=N–C) groups is 1. The topological polar surface area (TPSA) is 41.5 Å². The van der Waals surface area contributed by atoms with Crippen LogP contribution in [0.4, 0.5) is 10.1 Å². The lowest BCUT2D eigenvalue weighted by Crippen LogP contribution is -2.21. The number of nitrogens with zero attached hydrogens (tertiary/aromatic N) is 1. The second kappa shape index (κ2) is 5.47. The highest BCUT2D eigenvalue weighted by molar-refractivity contribution is 6.36. The highest BCUT2D eigenvalue weighted by Gasteiger charge is 2.26. The van der Waals surface area contributed by atoms with Crippen LogP contribution in [-0.2, 0) is 4.79 Å². The van der Waals surface area contributed by atoms with Crippen molar-refractivity contribution in [2.24, 2.45) is 4.99 Å². The fourth-order valence-corrected chi connectivity index (χ4v) is 2.52. The van der Waals surface area contributed by atoms with E-state index in [0.717, 1.165) is 0 Å². The Morgan fingerprint density at radius 3 is 2.62 bits per heavy atom. The van der Waals surface area contributed by atoms with Crippen LogP contribution in [0.15, 0.2) is 47.5 Å². The van der Waals surface area contributed by atoms with E-state index < -0.39 is 12.2 Å². The molecule has 21 heavy (non-hydrogen) atoms. The molecule has 3 nitrogen and oxygen atoms in total. The number of alkyl halides is 1. The molecule has 0 spiro atoms. The van der Waals surface area contributed by atoms with Crippen molar-refractivity contribution >= 4 is 40.5 Å². The predicted molar refractivity (Wildman–Crippen MR) is 82.1 cm³/mol. The summed E-state index contributed by atoms with van der Waals surface area (Å²) >= 11 is 12.2. The normalized spacial score (nSPS) is 17.6. The fourth-order valence-electron chi connectivity index (χ4n) is 2.12. The zero-order valence-corrected chi connectivity index (χ0v) is 12.1. The molecular weight excluding hydrogens is 314 g/mol. The molecule has 2 aromatic rings. The number of benzene rings is 2. The molecule has 0 saturated carbocycles. The molecule has 2 aromatic carbocycles. The molecular formula is C15H9Cl2FN2O. The molecule has 1 atom stereocenters. The monoisotopic (exact) mass is 322 g/mol. The summed E-state index contributed by atoms with van der Waals surface area (Å²) < 4.78 is 13.9. The highest BCUT2D eigenvalue weighted by atomic mass is 35.5. The Morgan fingerprint density at radius 2 is 1.86 bits per heavy atom. The lowest BCUT2D eigenvalue weighted by atomic mass is 10.0. The van der Waals surface area contributed by atoms with Gasteiger partial charge in [-0.15, -0.1) is 0 Å². The molecule has 3 rings (SSSR count). The van der Waals surface area contributed by atoms with Crippen molar-refractivity contribution in [3.63, 3.8) is 0 Å². The quantitative estimate of drug-likeness (QED) is 0.790. The molecule has 0 bridgehead atoms. The van der Waals surface area contributed by atoms with E-state index in [-0.39, 0.29) is 0 Å². The second-order valence-corrected chi connectivity index (χ2v) is 5.32. The summed E-state index contributed by atoms with van der Waals surface area (Å²) in [5.41, 5.74) is 1.82. The number of carbonyl (C=O) groups is 1. The van der Waals surface area contributed by atoms with Gasteiger partial charge in [-0.1, -0.05) is 41.4 Å². The smallest absolute Gasteiger partial charge is 0.281 e. The van der Waals surface area contributed by atoms with Crippen LogP contribution >= 0.6 is 23.2 Å². The summed E-state index contributed by atoms with van der Waals surface area (Å²) in [5, 5.41) is 3.37. The number of halogens is 3. The van der Waals surface area contributed by atoms with E-state index >= 15 is 0 Å². The molecule has 1 aliphatic rings. The van der Waals surface area contributed by atoms with Crippen LogP contribution in [0.2, 0.25) is 10.0 Å². The lowest BCUT2D eigenvalue weighted by Gasteiger charge is -2.11. The third-order valence-corrected chi connectivity index (χ3v) is 3.65. The number of hydrogen-bond acceptors (Lipinski definition) is 2. The molecule has 1 heterocycles. The van der Waals surface area contributed by atoms with Gasteiger partial charge in [0.15, 0.2) is 0 Å². The first kappa shape index (κ1) is 14.0. The number of benzodiazepines with no additional fused rings is 1. The van der Waals surface area contributed by atoms with Crippen LogP contribution in [-0.4, -0.2) is 17.9 Å². The third-order valence-electron chi connectivity index (χ3n) is 3.08. The van der Waals surface area contributed by atoms with Crippen LogP contribution in [0, 0.1) is 0 Å². The molecule has 0 saturated heterocycles. The molecule has 0 fully saturated rings. The molecule has 1 aliphatic heterocycles. The van der Waals surface area contributed by atoms with Gasteiger partial charge < -0.3 is 5.32 Å². The van der Waals surface area contributed by atoms with Gasteiger partial charge >= 0.3 is 0 Å². The number of nitrogens with one attached hydrogen (secondary N) is 1. The zero-order valence-electron chi connectivity index (χ0n) is 10.6. The van der Waals surface area contributed by atoms with Crippen LogP contribution < -0.4 is 5.32 Å². The molecule has 1 unspecified atom stereocenters. The van der Waals surface area contributed by atoms with Gasteiger partial charge in [0, 0.05) is 21.2 Å². The van der Waals surface area contributed by atoms with Gasteiger partial charge in [-0.3, -0.25) is 4.79 Å². The van der Waals surface area contributed by atoms with Crippen LogP contribution in [0.25, 0.3) is 0 Å². The molecule has 0 aliphatic carbocycles. The van der Waals surface area contributed by atoms with Crippen molar-refractivity contribution in [1.82, 2.24) is 0 Å². The Bertz CT molecular complexity index is 761. The van der Waals surface area contributed by atoms with Crippen molar-refractivity contribution in [3.8, 4) is 0 Å². The van der Waals surface area contributed by atoms with Crippen LogP contribution in [0.5, 0.6) is 0 Å². The van der Waals surface area contributed by atoms with E-state index in [1.54, 1.807) is 42.5 Å². The minimum absolute atomic E-state index is 0.295. The lowest BCUT2D eigenvalue weighted by molar-refractivity contribution is -0.120. The maximum absolute atomic E-state index is 13.9. The standard InChI is InChI=1S/C15H9Cl2FN2O/c16-8-5-6-12-10(7-8)13(20-14(18)15(21)19-12)9-3-1-2-4-11(9)17/h1-7,14H,(H,19,21). The second-order valence-electron chi connectivity index (χ2n) is 4.47. The van der Waals surface area contributed by atoms with E-state index in [4.69, 9.17) is 23.2 Å². The summed E-state index contributed by atoms with van der Waals surface area (Å²) in [4.78, 5) is 15.5. The maximum atomic E-state index is 13.9. The third kappa shape index (κ3) is 2.64. The van der Waals surface area contributed by atoms with Crippen molar-refractivity contribution in [2.45, 2.75) is 6.30 Å². The summed E-state index contributed by atoms with van der Waals surface area (Å²) in [6, 6.07) is 11.8. The van der Waals surface area contributed by atoms with Gasteiger partial charge in [-0.05, 0) is 24.3 Å². The van der Waals surface area contributed by atoms with E-state index in [9.17, 15) is 9.18 Å². The van der Waals surface area contributed by atoms with Crippen LogP contribution in [0.3, 0.4) is 0 Å². The molecule has 1 amide bonds. The molecule has 6 heteroatoms. The zero-order chi connectivity index (χ0) is 15.0. The Kier molecular flexibility index (Phi) is 3.66. The van der Waals surface area contributed by atoms with Gasteiger partial charge in [0.2, 0.25) is 0 Å². The van der Waals surface area contributed by atoms with Gasteiger partial charge in [-0.2, -0.15) is 0 Å². The molecule has 1 N–H and O–H groups in total. The number of hydrogen-bond donors (Lipinski definition) is 1. The first-order chi connectivity index (χ1) is 10.1. The summed E-state index contributed by atoms with van der Waals surface area (Å²) in [6.07, 6.45) is -2.00. The van der Waals surface area contributed by atoms with Gasteiger partial charge in [0.25, 0.3) is 12.2 Å². The first-order valence-corrected chi connectivity index (χ1v) is 6.89. The van der Waals surface area contributed by atoms with Crippen molar-refractivity contribution in [2.75, 3.05) is 5.32 Å². The number of carbonyl (C=O) groups excluding carboxylic acids is 1. The maximum Gasteiger partial charge on any atom is 0.281 e.